The zero-order valence-electron chi connectivity index (χ0n) is 10.8. The van der Waals surface area contributed by atoms with Crippen molar-refractivity contribution in [2.24, 2.45) is 0 Å². The maximum Gasteiger partial charge on any atom is 0.127 e. The van der Waals surface area contributed by atoms with Gasteiger partial charge in [0.1, 0.15) is 18.1 Å². The van der Waals surface area contributed by atoms with Crippen LogP contribution in [0.4, 0.5) is 0 Å². The van der Waals surface area contributed by atoms with Crippen LogP contribution in [-0.4, -0.2) is 28.0 Å². The monoisotopic (exact) mass is 259 g/mol. The van der Waals surface area contributed by atoms with Crippen molar-refractivity contribution >= 4 is 0 Å². The lowest BCUT2D eigenvalue weighted by Crippen LogP contribution is -2.26. The summed E-state index contributed by atoms with van der Waals surface area (Å²) in [7, 11) is 0. The molecule has 1 aliphatic rings. The normalized spacial score (nSPS) is 17.2. The van der Waals surface area contributed by atoms with Crippen LogP contribution in [0.2, 0.25) is 0 Å². The van der Waals surface area contributed by atoms with Gasteiger partial charge in [0.25, 0.3) is 0 Å². The SMILES string of the molecule is Cc1cnn(CCNC2COc3cc(O)ccc32)c1. The summed E-state index contributed by atoms with van der Waals surface area (Å²) in [4.78, 5) is 0. The summed E-state index contributed by atoms with van der Waals surface area (Å²) in [6.07, 6.45) is 3.88. The van der Waals surface area contributed by atoms with Gasteiger partial charge in [-0.3, -0.25) is 4.68 Å². The second kappa shape index (κ2) is 4.93. The number of nitrogens with zero attached hydrogens (tertiary/aromatic N) is 2. The Hall–Kier alpha value is -2.01. The lowest BCUT2D eigenvalue weighted by molar-refractivity contribution is 0.308. The van der Waals surface area contributed by atoms with E-state index in [1.165, 1.54) is 5.56 Å². The lowest BCUT2D eigenvalue weighted by atomic mass is 10.1. The molecule has 0 radical (unpaired) electrons. The molecule has 0 spiro atoms. The first-order chi connectivity index (χ1) is 9.22. The molecule has 0 amide bonds. The highest BCUT2D eigenvalue weighted by Gasteiger charge is 2.23. The molecule has 2 heterocycles. The van der Waals surface area contributed by atoms with Gasteiger partial charge in [0.2, 0.25) is 0 Å². The van der Waals surface area contributed by atoms with Crippen molar-refractivity contribution in [1.29, 1.82) is 0 Å². The Labute approximate surface area is 111 Å². The second-order valence-electron chi connectivity index (χ2n) is 4.82. The van der Waals surface area contributed by atoms with Crippen molar-refractivity contribution in [1.82, 2.24) is 15.1 Å². The van der Waals surface area contributed by atoms with E-state index in [9.17, 15) is 5.11 Å². The fourth-order valence-electron chi connectivity index (χ4n) is 2.31. The van der Waals surface area contributed by atoms with Crippen LogP contribution < -0.4 is 10.1 Å². The maximum atomic E-state index is 9.40. The molecule has 1 aromatic heterocycles. The van der Waals surface area contributed by atoms with Gasteiger partial charge in [0, 0.05) is 24.4 Å². The quantitative estimate of drug-likeness (QED) is 0.876. The van der Waals surface area contributed by atoms with Crippen LogP contribution in [0.25, 0.3) is 0 Å². The summed E-state index contributed by atoms with van der Waals surface area (Å²) in [5.74, 6) is 1.01. The third-order valence-electron chi connectivity index (χ3n) is 3.27. The van der Waals surface area contributed by atoms with Crippen molar-refractivity contribution < 1.29 is 9.84 Å². The highest BCUT2D eigenvalue weighted by Crippen LogP contribution is 2.34. The van der Waals surface area contributed by atoms with Crippen LogP contribution in [0.5, 0.6) is 11.5 Å². The molecule has 19 heavy (non-hydrogen) atoms. The minimum atomic E-state index is 0.187. The Morgan fingerprint density at radius 2 is 2.42 bits per heavy atom. The van der Waals surface area contributed by atoms with Crippen LogP contribution in [-0.2, 0) is 6.54 Å². The third-order valence-corrected chi connectivity index (χ3v) is 3.27. The molecule has 2 N–H and O–H groups in total. The number of ether oxygens (including phenoxy) is 1. The Morgan fingerprint density at radius 3 is 3.21 bits per heavy atom. The zero-order valence-corrected chi connectivity index (χ0v) is 10.8. The van der Waals surface area contributed by atoms with Gasteiger partial charge in [-0.1, -0.05) is 0 Å². The molecule has 1 aliphatic heterocycles. The Kier molecular flexibility index (Phi) is 3.13. The topological polar surface area (TPSA) is 59.3 Å². The summed E-state index contributed by atoms with van der Waals surface area (Å²) in [6.45, 7) is 4.30. The van der Waals surface area contributed by atoms with Gasteiger partial charge in [-0.25, -0.2) is 0 Å². The minimum Gasteiger partial charge on any atom is -0.508 e. The van der Waals surface area contributed by atoms with E-state index in [4.69, 9.17) is 4.74 Å². The molecular formula is C14H17N3O2. The van der Waals surface area contributed by atoms with E-state index < -0.39 is 0 Å². The number of phenolic OH excluding ortho intramolecular Hbond substituents is 1. The average molecular weight is 259 g/mol. The number of aryl methyl sites for hydroxylation is 1. The molecular weight excluding hydrogens is 242 g/mol. The highest BCUT2D eigenvalue weighted by atomic mass is 16.5. The summed E-state index contributed by atoms with van der Waals surface area (Å²) < 4.78 is 7.48. The molecule has 5 heteroatoms. The molecule has 1 atom stereocenters. The first-order valence-corrected chi connectivity index (χ1v) is 6.40. The first-order valence-electron chi connectivity index (χ1n) is 6.40. The fraction of sp³-hybridized carbons (Fsp3) is 0.357. The average Bonchev–Trinajstić information content (AvgIpc) is 2.96. The van der Waals surface area contributed by atoms with E-state index in [1.54, 1.807) is 12.1 Å². The van der Waals surface area contributed by atoms with E-state index in [2.05, 4.69) is 10.4 Å². The molecule has 100 valence electrons. The predicted octanol–water partition coefficient (Wildman–Crippen LogP) is 1.62. The van der Waals surface area contributed by atoms with Crippen LogP contribution in [0.15, 0.2) is 30.6 Å². The molecule has 0 fully saturated rings. The molecule has 3 rings (SSSR count). The number of fused-ring (bicyclic) bond motifs is 1. The number of hydrogen-bond acceptors (Lipinski definition) is 4. The number of benzene rings is 1. The Balaban J connectivity index is 1.58. The summed E-state index contributed by atoms with van der Waals surface area (Å²) >= 11 is 0. The van der Waals surface area contributed by atoms with Crippen molar-refractivity contribution in [2.45, 2.75) is 19.5 Å². The number of hydrogen-bond donors (Lipinski definition) is 2. The molecule has 0 aliphatic carbocycles. The van der Waals surface area contributed by atoms with E-state index in [0.29, 0.717) is 6.61 Å². The van der Waals surface area contributed by atoms with Crippen molar-refractivity contribution in [2.75, 3.05) is 13.2 Å². The molecule has 1 unspecified atom stereocenters. The molecule has 0 saturated carbocycles. The van der Waals surface area contributed by atoms with Gasteiger partial charge >= 0.3 is 0 Å². The van der Waals surface area contributed by atoms with Crippen LogP contribution in [0.1, 0.15) is 17.2 Å². The second-order valence-corrected chi connectivity index (χ2v) is 4.82. The van der Waals surface area contributed by atoms with E-state index in [1.807, 2.05) is 30.1 Å². The molecule has 1 aromatic carbocycles. The molecule has 2 aromatic rings. The number of phenols is 1. The smallest absolute Gasteiger partial charge is 0.127 e. The number of aromatic nitrogens is 2. The number of rotatable bonds is 4. The first kappa shape index (κ1) is 12.0. The third kappa shape index (κ3) is 2.56. The zero-order chi connectivity index (χ0) is 13.2. The van der Waals surface area contributed by atoms with Crippen LogP contribution in [0.3, 0.4) is 0 Å². The van der Waals surface area contributed by atoms with Crippen molar-refractivity contribution in [3.05, 3.63) is 41.7 Å². The van der Waals surface area contributed by atoms with Gasteiger partial charge in [0.15, 0.2) is 0 Å². The molecule has 5 nitrogen and oxygen atoms in total. The standard InChI is InChI=1S/C14H17N3O2/c1-10-7-16-17(8-10)5-4-15-13-9-19-14-6-11(18)2-3-12(13)14/h2-3,6-8,13,15,18H,4-5,9H2,1H3. The minimum absolute atomic E-state index is 0.187. The van der Waals surface area contributed by atoms with Crippen LogP contribution in [0, 0.1) is 6.92 Å². The lowest BCUT2D eigenvalue weighted by Gasteiger charge is -2.11. The summed E-state index contributed by atoms with van der Waals surface area (Å²) in [6, 6.07) is 5.45. The van der Waals surface area contributed by atoms with Gasteiger partial charge in [0.05, 0.1) is 18.8 Å². The number of nitrogens with one attached hydrogen (secondary N) is 1. The van der Waals surface area contributed by atoms with Gasteiger partial charge in [-0.2, -0.15) is 5.10 Å². The van der Waals surface area contributed by atoms with Gasteiger partial charge in [-0.05, 0) is 24.6 Å². The van der Waals surface area contributed by atoms with Gasteiger partial charge < -0.3 is 15.2 Å². The Bertz CT molecular complexity index is 580. The summed E-state index contributed by atoms with van der Waals surface area (Å²) in [5.41, 5.74) is 2.28. The highest BCUT2D eigenvalue weighted by molar-refractivity contribution is 5.44. The number of aromatic hydroxyl groups is 1. The van der Waals surface area contributed by atoms with E-state index in [-0.39, 0.29) is 11.8 Å². The molecule has 0 bridgehead atoms. The summed E-state index contributed by atoms with van der Waals surface area (Å²) in [5, 5.41) is 17.1. The molecule has 0 saturated heterocycles. The van der Waals surface area contributed by atoms with Gasteiger partial charge in [-0.15, -0.1) is 0 Å². The fourth-order valence-corrected chi connectivity index (χ4v) is 2.31. The predicted molar refractivity (Wildman–Crippen MR) is 71.3 cm³/mol. The Morgan fingerprint density at radius 1 is 1.53 bits per heavy atom. The van der Waals surface area contributed by atoms with E-state index >= 15 is 0 Å². The van der Waals surface area contributed by atoms with E-state index in [0.717, 1.165) is 24.4 Å². The van der Waals surface area contributed by atoms with Crippen LogP contribution >= 0.6 is 0 Å². The van der Waals surface area contributed by atoms with Crippen molar-refractivity contribution in [3.63, 3.8) is 0 Å². The maximum absolute atomic E-state index is 9.40. The van der Waals surface area contributed by atoms with Crippen molar-refractivity contribution in [3.8, 4) is 11.5 Å². The largest absolute Gasteiger partial charge is 0.508 e.